The molecule has 4 aromatic rings. The first-order valence-electron chi connectivity index (χ1n) is 12.4. The van der Waals surface area contributed by atoms with Crippen molar-refractivity contribution in [3.05, 3.63) is 36.2 Å². The second-order valence-corrected chi connectivity index (χ2v) is 10.5. The summed E-state index contributed by atoms with van der Waals surface area (Å²) in [5.74, 6) is 1.03. The molecule has 36 heavy (non-hydrogen) atoms. The number of hydrogen-bond donors (Lipinski definition) is 1. The molecule has 0 saturated carbocycles. The van der Waals surface area contributed by atoms with Gasteiger partial charge in [-0.25, -0.2) is 18.9 Å². The molecule has 2 saturated heterocycles. The molecule has 10 heteroatoms. The summed E-state index contributed by atoms with van der Waals surface area (Å²) in [5, 5.41) is 4.84. The normalized spacial score (nSPS) is 17.2. The van der Waals surface area contributed by atoms with Gasteiger partial charge in [0.05, 0.1) is 31.1 Å². The number of carbonyl (C=O) groups is 1. The topological polar surface area (TPSA) is 91.7 Å². The van der Waals surface area contributed by atoms with Crippen LogP contribution in [-0.4, -0.2) is 75.1 Å². The largest absolute Gasteiger partial charge is 0.493 e. The summed E-state index contributed by atoms with van der Waals surface area (Å²) in [7, 11) is 1.60. The first-order valence-corrected chi connectivity index (χ1v) is 12.4. The minimum absolute atomic E-state index is 0.0648. The summed E-state index contributed by atoms with van der Waals surface area (Å²) in [6, 6.07) is 1.90. The molecule has 6 rings (SSSR count). The number of ketones is 1. The summed E-state index contributed by atoms with van der Waals surface area (Å²) in [4.78, 5) is 28.1. The maximum atomic E-state index is 16.1. The average Bonchev–Trinajstić information content (AvgIpc) is 3.44. The Hall–Kier alpha value is -3.53. The summed E-state index contributed by atoms with van der Waals surface area (Å²) in [6.45, 7) is 9.84. The molecule has 0 radical (unpaired) electrons. The molecule has 188 valence electrons. The van der Waals surface area contributed by atoms with Gasteiger partial charge in [-0.3, -0.25) is 9.69 Å². The van der Waals surface area contributed by atoms with Gasteiger partial charge in [0, 0.05) is 55.2 Å². The van der Waals surface area contributed by atoms with E-state index >= 15 is 4.39 Å². The lowest BCUT2D eigenvalue weighted by Gasteiger charge is -2.60. The number of methoxy groups -OCH3 is 1. The zero-order valence-electron chi connectivity index (χ0n) is 21.0. The van der Waals surface area contributed by atoms with Gasteiger partial charge >= 0.3 is 0 Å². The Morgan fingerprint density at radius 1 is 1.25 bits per heavy atom. The van der Waals surface area contributed by atoms with Crippen LogP contribution in [0.1, 0.15) is 38.7 Å². The van der Waals surface area contributed by atoms with Crippen molar-refractivity contribution < 1.29 is 13.9 Å². The Labute approximate surface area is 208 Å². The molecule has 0 aliphatic carbocycles. The third-order valence-corrected chi connectivity index (χ3v) is 7.49. The van der Waals surface area contributed by atoms with Crippen LogP contribution in [0.2, 0.25) is 0 Å². The first kappa shape index (κ1) is 22.9. The van der Waals surface area contributed by atoms with Crippen LogP contribution in [-0.2, 0) is 4.79 Å². The van der Waals surface area contributed by atoms with Gasteiger partial charge in [-0.2, -0.15) is 5.10 Å². The van der Waals surface area contributed by atoms with E-state index in [2.05, 4.69) is 38.8 Å². The SMILES string of the molecule is CCC(=O)CN1CC2(C1)CN(c1ncc3[nH]c(-c4cc(OC)c5ncnn5c4)c(C(C)C)c3c1F)C2. The van der Waals surface area contributed by atoms with E-state index in [1.807, 2.05) is 24.1 Å². The van der Waals surface area contributed by atoms with Crippen LogP contribution in [0.25, 0.3) is 27.8 Å². The monoisotopic (exact) mass is 491 g/mol. The van der Waals surface area contributed by atoms with Gasteiger partial charge in [-0.1, -0.05) is 20.8 Å². The summed E-state index contributed by atoms with van der Waals surface area (Å²) in [6.07, 6.45) is 5.65. The number of hydrogen-bond acceptors (Lipinski definition) is 7. The number of pyridine rings is 2. The molecule has 2 aliphatic rings. The summed E-state index contributed by atoms with van der Waals surface area (Å²) >= 11 is 0. The van der Waals surface area contributed by atoms with E-state index in [1.54, 1.807) is 17.8 Å². The van der Waals surface area contributed by atoms with Crippen LogP contribution in [0, 0.1) is 11.2 Å². The molecule has 0 aromatic carbocycles. The van der Waals surface area contributed by atoms with E-state index < -0.39 is 0 Å². The number of ether oxygens (including phenoxy) is 1. The third-order valence-electron chi connectivity index (χ3n) is 7.49. The summed E-state index contributed by atoms with van der Waals surface area (Å²) in [5.41, 5.74) is 3.99. The van der Waals surface area contributed by atoms with Gasteiger partial charge in [0.25, 0.3) is 0 Å². The Bertz CT molecular complexity index is 1480. The Morgan fingerprint density at radius 2 is 2.03 bits per heavy atom. The molecule has 0 bridgehead atoms. The van der Waals surface area contributed by atoms with Crippen molar-refractivity contribution in [2.24, 2.45) is 5.41 Å². The molecular weight excluding hydrogens is 461 g/mol. The van der Waals surface area contributed by atoms with Crippen molar-refractivity contribution in [3.8, 4) is 17.0 Å². The van der Waals surface area contributed by atoms with Gasteiger partial charge in [0.1, 0.15) is 12.1 Å². The van der Waals surface area contributed by atoms with E-state index in [0.717, 1.165) is 43.0 Å². The van der Waals surface area contributed by atoms with Crippen LogP contribution in [0.5, 0.6) is 5.75 Å². The third kappa shape index (κ3) is 3.46. The molecule has 0 unspecified atom stereocenters. The number of rotatable bonds is 7. The number of fused-ring (bicyclic) bond motifs is 2. The van der Waals surface area contributed by atoms with Crippen molar-refractivity contribution in [2.45, 2.75) is 33.1 Å². The molecule has 6 heterocycles. The van der Waals surface area contributed by atoms with Crippen LogP contribution >= 0.6 is 0 Å². The van der Waals surface area contributed by atoms with Crippen LogP contribution in [0.3, 0.4) is 0 Å². The maximum absolute atomic E-state index is 16.1. The number of aromatic nitrogens is 5. The standard InChI is InChI=1S/C26H30FN7O2/c1-5-17(35)9-32-10-26(11-32)12-33(13-26)25-22(27)21-18(7-28-25)31-23(20(21)15(2)3)16-6-19(36-4)24-29-14-30-34(24)8-16/h6-8,14-15,31H,5,9-13H2,1-4H3. The second-order valence-electron chi connectivity index (χ2n) is 10.5. The fraction of sp³-hybridized carbons (Fsp3) is 0.462. The number of likely N-dealkylation sites (tertiary alicyclic amines) is 1. The fourth-order valence-electron chi connectivity index (χ4n) is 5.86. The van der Waals surface area contributed by atoms with Crippen LogP contribution in [0.15, 0.2) is 24.8 Å². The Kier molecular flexibility index (Phi) is 5.26. The fourth-order valence-corrected chi connectivity index (χ4v) is 5.86. The summed E-state index contributed by atoms with van der Waals surface area (Å²) < 4.78 is 23.3. The number of aromatic amines is 1. The zero-order valence-corrected chi connectivity index (χ0v) is 21.0. The smallest absolute Gasteiger partial charge is 0.197 e. The van der Waals surface area contributed by atoms with Crippen molar-refractivity contribution >= 4 is 28.2 Å². The highest BCUT2D eigenvalue weighted by Crippen LogP contribution is 2.44. The molecule has 4 aromatic heterocycles. The Morgan fingerprint density at radius 3 is 2.72 bits per heavy atom. The second kappa shape index (κ2) is 8.26. The highest BCUT2D eigenvalue weighted by molar-refractivity contribution is 5.93. The highest BCUT2D eigenvalue weighted by Gasteiger charge is 2.52. The van der Waals surface area contributed by atoms with Gasteiger partial charge in [0.15, 0.2) is 23.0 Å². The molecule has 2 aliphatic heterocycles. The molecule has 2 fully saturated rings. The lowest BCUT2D eigenvalue weighted by molar-refractivity contribution is -0.124. The van der Waals surface area contributed by atoms with Crippen molar-refractivity contribution in [3.63, 3.8) is 0 Å². The predicted octanol–water partition coefficient (Wildman–Crippen LogP) is 3.64. The molecule has 0 atom stereocenters. The molecule has 9 nitrogen and oxygen atoms in total. The van der Waals surface area contributed by atoms with Crippen LogP contribution < -0.4 is 9.64 Å². The van der Waals surface area contributed by atoms with Crippen molar-refractivity contribution in [2.75, 3.05) is 44.7 Å². The van der Waals surface area contributed by atoms with Gasteiger partial charge in [-0.05, 0) is 17.5 Å². The predicted molar refractivity (Wildman–Crippen MR) is 135 cm³/mol. The molecule has 0 amide bonds. The number of nitrogens with one attached hydrogen (secondary N) is 1. The number of halogens is 1. The number of H-pyrrole nitrogens is 1. The van der Waals surface area contributed by atoms with Crippen molar-refractivity contribution in [1.82, 2.24) is 29.5 Å². The van der Waals surface area contributed by atoms with Crippen molar-refractivity contribution in [1.29, 1.82) is 0 Å². The quantitative estimate of drug-likeness (QED) is 0.422. The lowest BCUT2D eigenvalue weighted by atomic mass is 9.72. The highest BCUT2D eigenvalue weighted by atomic mass is 19.1. The van der Waals surface area contributed by atoms with Gasteiger partial charge < -0.3 is 14.6 Å². The van der Waals surface area contributed by atoms with E-state index in [0.29, 0.717) is 41.1 Å². The number of anilines is 1. The number of nitrogens with zero attached hydrogens (tertiary/aromatic N) is 6. The zero-order chi connectivity index (χ0) is 25.2. The van der Waals surface area contributed by atoms with Gasteiger partial charge in [0.2, 0.25) is 0 Å². The number of carbonyl (C=O) groups excluding carboxylic acids is 1. The maximum Gasteiger partial charge on any atom is 0.197 e. The average molecular weight is 492 g/mol. The Balaban J connectivity index is 1.33. The van der Waals surface area contributed by atoms with E-state index in [4.69, 9.17) is 4.74 Å². The first-order chi connectivity index (χ1) is 17.3. The molecular formula is C26H30FN7O2. The lowest BCUT2D eigenvalue weighted by Crippen LogP contribution is -2.72. The molecule has 1 spiro atoms. The van der Waals surface area contributed by atoms with E-state index in [-0.39, 0.29) is 22.9 Å². The number of Topliss-reactive ketones (excluding diaryl/α,β-unsaturated/α-hetero) is 1. The molecule has 1 N–H and O–H groups in total. The minimum Gasteiger partial charge on any atom is -0.493 e. The van der Waals surface area contributed by atoms with E-state index in [1.165, 1.54) is 6.33 Å². The van der Waals surface area contributed by atoms with Gasteiger partial charge in [-0.15, -0.1) is 0 Å². The minimum atomic E-state index is -0.292. The van der Waals surface area contributed by atoms with Crippen LogP contribution in [0.4, 0.5) is 10.2 Å². The van der Waals surface area contributed by atoms with E-state index in [9.17, 15) is 4.79 Å².